The van der Waals surface area contributed by atoms with E-state index in [1.165, 1.54) is 0 Å². The molecule has 0 fully saturated rings. The van der Waals surface area contributed by atoms with Crippen LogP contribution in [0.4, 0.5) is 5.82 Å². The topological polar surface area (TPSA) is 80.9 Å². The lowest BCUT2D eigenvalue weighted by molar-refractivity contribution is -0.116. The van der Waals surface area contributed by atoms with Crippen LogP contribution in [0.15, 0.2) is 65.1 Å². The molecule has 0 atom stereocenters. The summed E-state index contributed by atoms with van der Waals surface area (Å²) in [7, 11) is 0. The van der Waals surface area contributed by atoms with E-state index >= 15 is 0 Å². The number of fused-ring (bicyclic) bond motifs is 1. The lowest BCUT2D eigenvalue weighted by Gasteiger charge is -2.04. The fraction of sp³-hybridized carbons (Fsp3) is 0.143. The Balaban J connectivity index is 1.37. The Labute approximate surface area is 156 Å². The highest BCUT2D eigenvalue weighted by Crippen LogP contribution is 2.19. The third kappa shape index (κ3) is 4.00. The smallest absolute Gasteiger partial charge is 0.247 e. The molecule has 2 aromatic carbocycles. The Bertz CT molecular complexity index is 1090. The number of hydrogen-bond acceptors (Lipinski definition) is 5. The Kier molecular flexibility index (Phi) is 4.61. The summed E-state index contributed by atoms with van der Waals surface area (Å²) >= 11 is 0. The zero-order chi connectivity index (χ0) is 18.6. The number of amides is 1. The number of aromatic nitrogens is 3. The summed E-state index contributed by atoms with van der Waals surface area (Å²) in [6.07, 6.45) is 0.613. The molecule has 0 saturated carbocycles. The molecule has 0 saturated heterocycles. The van der Waals surface area contributed by atoms with E-state index in [4.69, 9.17) is 4.42 Å². The van der Waals surface area contributed by atoms with Crippen molar-refractivity contribution in [3.8, 4) is 11.5 Å². The number of aryl methyl sites for hydroxylation is 2. The lowest BCUT2D eigenvalue weighted by atomic mass is 10.1. The first-order valence-corrected chi connectivity index (χ1v) is 8.72. The van der Waals surface area contributed by atoms with Crippen molar-refractivity contribution in [3.05, 3.63) is 72.1 Å². The number of anilines is 1. The van der Waals surface area contributed by atoms with E-state index < -0.39 is 0 Å². The van der Waals surface area contributed by atoms with Gasteiger partial charge in [0.1, 0.15) is 5.82 Å². The van der Waals surface area contributed by atoms with Crippen molar-refractivity contribution >= 4 is 22.6 Å². The van der Waals surface area contributed by atoms with Crippen molar-refractivity contribution in [2.45, 2.75) is 19.8 Å². The summed E-state index contributed by atoms with van der Waals surface area (Å²) < 4.78 is 5.65. The maximum atomic E-state index is 12.2. The van der Waals surface area contributed by atoms with Crippen molar-refractivity contribution in [1.29, 1.82) is 0 Å². The zero-order valence-corrected chi connectivity index (χ0v) is 14.8. The van der Waals surface area contributed by atoms with Gasteiger partial charge in [-0.3, -0.25) is 4.79 Å². The van der Waals surface area contributed by atoms with Gasteiger partial charge in [-0.15, -0.1) is 10.2 Å². The third-order valence-electron chi connectivity index (χ3n) is 4.20. The second-order valence-corrected chi connectivity index (χ2v) is 6.30. The van der Waals surface area contributed by atoms with Gasteiger partial charge in [-0.1, -0.05) is 35.9 Å². The molecule has 0 radical (unpaired) electrons. The van der Waals surface area contributed by atoms with Gasteiger partial charge >= 0.3 is 0 Å². The van der Waals surface area contributed by atoms with Crippen LogP contribution in [0.25, 0.3) is 22.4 Å². The van der Waals surface area contributed by atoms with Gasteiger partial charge in [0.2, 0.25) is 17.7 Å². The fourth-order valence-corrected chi connectivity index (χ4v) is 2.73. The first kappa shape index (κ1) is 16.9. The normalized spacial score (nSPS) is 10.9. The molecule has 4 rings (SSSR count). The van der Waals surface area contributed by atoms with E-state index in [0.29, 0.717) is 24.0 Å². The van der Waals surface area contributed by atoms with Gasteiger partial charge < -0.3 is 9.73 Å². The molecule has 0 aliphatic heterocycles. The molecule has 2 heterocycles. The molecule has 0 bridgehead atoms. The second-order valence-electron chi connectivity index (χ2n) is 6.30. The monoisotopic (exact) mass is 358 g/mol. The predicted molar refractivity (Wildman–Crippen MR) is 103 cm³/mol. The molecule has 1 N–H and O–H groups in total. The summed E-state index contributed by atoms with van der Waals surface area (Å²) in [5.41, 5.74) is 2.87. The van der Waals surface area contributed by atoms with E-state index in [2.05, 4.69) is 20.5 Å². The van der Waals surface area contributed by atoms with Gasteiger partial charge in [-0.2, -0.15) is 0 Å². The maximum absolute atomic E-state index is 12.2. The van der Waals surface area contributed by atoms with Gasteiger partial charge in [0, 0.05) is 23.8 Å². The molecule has 134 valence electrons. The summed E-state index contributed by atoms with van der Waals surface area (Å²) in [5.74, 6) is 1.28. The Morgan fingerprint density at radius 3 is 2.67 bits per heavy atom. The minimum Gasteiger partial charge on any atom is -0.421 e. The standard InChI is InChI=1S/C21H18N4O2/c1-14-6-8-16(9-7-14)21-25-24-20(27-21)13-12-19(26)23-18-11-10-15-4-2-3-5-17(15)22-18/h2-11H,12-13H2,1H3,(H,22,23,26). The number of nitrogens with zero attached hydrogens (tertiary/aromatic N) is 3. The first-order chi connectivity index (χ1) is 13.2. The molecule has 0 aliphatic rings. The summed E-state index contributed by atoms with van der Waals surface area (Å²) in [4.78, 5) is 16.6. The number of para-hydroxylation sites is 1. The molecular formula is C21H18N4O2. The molecule has 1 amide bonds. The van der Waals surface area contributed by atoms with Gasteiger partial charge in [0.15, 0.2) is 0 Å². The third-order valence-corrected chi connectivity index (χ3v) is 4.20. The lowest BCUT2D eigenvalue weighted by Crippen LogP contribution is -2.13. The number of rotatable bonds is 5. The van der Waals surface area contributed by atoms with E-state index in [1.54, 1.807) is 6.07 Å². The SMILES string of the molecule is Cc1ccc(-c2nnc(CCC(=O)Nc3ccc4ccccc4n3)o2)cc1. The fourth-order valence-electron chi connectivity index (χ4n) is 2.73. The van der Waals surface area contributed by atoms with Gasteiger partial charge in [0.25, 0.3) is 0 Å². The highest BCUT2D eigenvalue weighted by Gasteiger charge is 2.11. The largest absolute Gasteiger partial charge is 0.421 e. The number of nitrogens with one attached hydrogen (secondary N) is 1. The Hall–Kier alpha value is -3.54. The van der Waals surface area contributed by atoms with Crippen LogP contribution in [-0.2, 0) is 11.2 Å². The summed E-state index contributed by atoms with van der Waals surface area (Å²) in [6.45, 7) is 2.02. The number of pyridine rings is 1. The second kappa shape index (κ2) is 7.37. The minimum absolute atomic E-state index is 0.145. The van der Waals surface area contributed by atoms with Crippen LogP contribution in [0.5, 0.6) is 0 Å². The van der Waals surface area contributed by atoms with Crippen LogP contribution in [0.2, 0.25) is 0 Å². The molecule has 0 spiro atoms. The van der Waals surface area contributed by atoms with Crippen molar-refractivity contribution < 1.29 is 9.21 Å². The number of carbonyl (C=O) groups excluding carboxylic acids is 1. The molecule has 2 aromatic heterocycles. The number of carbonyl (C=O) groups is 1. The summed E-state index contributed by atoms with van der Waals surface area (Å²) in [6, 6.07) is 19.3. The van der Waals surface area contributed by atoms with Crippen molar-refractivity contribution in [3.63, 3.8) is 0 Å². The molecule has 6 heteroatoms. The van der Waals surface area contributed by atoms with Crippen LogP contribution in [0.1, 0.15) is 17.9 Å². The minimum atomic E-state index is -0.145. The average molecular weight is 358 g/mol. The Morgan fingerprint density at radius 2 is 1.81 bits per heavy atom. The van der Waals surface area contributed by atoms with Crippen LogP contribution >= 0.6 is 0 Å². The quantitative estimate of drug-likeness (QED) is 0.579. The molecule has 0 unspecified atom stereocenters. The van der Waals surface area contributed by atoms with Crippen LogP contribution in [0, 0.1) is 6.92 Å². The molecule has 6 nitrogen and oxygen atoms in total. The highest BCUT2D eigenvalue weighted by atomic mass is 16.4. The highest BCUT2D eigenvalue weighted by molar-refractivity contribution is 5.91. The molecule has 4 aromatic rings. The van der Waals surface area contributed by atoms with Gasteiger partial charge in [0.05, 0.1) is 5.52 Å². The van der Waals surface area contributed by atoms with Gasteiger partial charge in [-0.25, -0.2) is 4.98 Å². The van der Waals surface area contributed by atoms with Crippen molar-refractivity contribution in [2.75, 3.05) is 5.32 Å². The maximum Gasteiger partial charge on any atom is 0.247 e. The predicted octanol–water partition coefficient (Wildman–Crippen LogP) is 4.16. The average Bonchev–Trinajstić information content (AvgIpc) is 3.16. The Morgan fingerprint density at radius 1 is 1.00 bits per heavy atom. The van der Waals surface area contributed by atoms with Crippen LogP contribution in [-0.4, -0.2) is 21.1 Å². The van der Waals surface area contributed by atoms with Gasteiger partial charge in [-0.05, 0) is 37.3 Å². The van der Waals surface area contributed by atoms with E-state index in [-0.39, 0.29) is 12.3 Å². The first-order valence-electron chi connectivity index (χ1n) is 8.72. The zero-order valence-electron chi connectivity index (χ0n) is 14.8. The molecule has 27 heavy (non-hydrogen) atoms. The molecule has 0 aliphatic carbocycles. The van der Waals surface area contributed by atoms with E-state index in [0.717, 1.165) is 22.0 Å². The molecular weight excluding hydrogens is 340 g/mol. The number of benzene rings is 2. The van der Waals surface area contributed by atoms with Crippen molar-refractivity contribution in [2.24, 2.45) is 0 Å². The van der Waals surface area contributed by atoms with Crippen molar-refractivity contribution in [1.82, 2.24) is 15.2 Å². The van der Waals surface area contributed by atoms with Crippen LogP contribution in [0.3, 0.4) is 0 Å². The van der Waals surface area contributed by atoms with Crippen LogP contribution < -0.4 is 5.32 Å². The summed E-state index contributed by atoms with van der Waals surface area (Å²) in [5, 5.41) is 11.9. The van der Waals surface area contributed by atoms with E-state index in [9.17, 15) is 4.79 Å². The number of hydrogen-bond donors (Lipinski definition) is 1. The van der Waals surface area contributed by atoms with E-state index in [1.807, 2.05) is 61.5 Å².